The zero-order valence-corrected chi connectivity index (χ0v) is 13.9. The van der Waals surface area contributed by atoms with Gasteiger partial charge in [-0.05, 0) is 25.2 Å². The highest BCUT2D eigenvalue weighted by Gasteiger charge is 1.93. The number of hydrogen-bond acceptors (Lipinski definition) is 0. The third-order valence-corrected chi connectivity index (χ3v) is 4.85. The van der Waals surface area contributed by atoms with Crippen molar-refractivity contribution in [1.82, 2.24) is 0 Å². The van der Waals surface area contributed by atoms with E-state index in [0.29, 0.717) is 0 Å². The molecule has 0 aromatic heterocycles. The van der Waals surface area contributed by atoms with Crippen molar-refractivity contribution in [1.29, 1.82) is 0 Å². The summed E-state index contributed by atoms with van der Waals surface area (Å²) >= 11 is 0. The predicted octanol–water partition coefficient (Wildman–Crippen LogP) is 7.04. The Morgan fingerprint density at radius 1 is 0.444 bits per heavy atom. The second-order valence-electron chi connectivity index (χ2n) is 5.56. The van der Waals surface area contributed by atoms with Crippen LogP contribution in [0.1, 0.15) is 97.3 Å². The Hall–Kier alpha value is 0.430. The second-order valence-corrected chi connectivity index (χ2v) is 6.90. The van der Waals surface area contributed by atoms with E-state index in [1.54, 1.807) is 8.58 Å². The molecule has 0 nitrogen and oxygen atoms in total. The molecule has 1 radical (unpaired) electrons. The lowest BCUT2D eigenvalue weighted by molar-refractivity contribution is 0.586. The molecule has 0 rings (SSSR count). The number of hydrogen-bond donors (Lipinski definition) is 0. The highest BCUT2D eigenvalue weighted by Crippen LogP contribution is 2.17. The second kappa shape index (κ2) is 17.4. The largest absolute Gasteiger partial charge is 0.0810 e. The first-order valence-electron chi connectivity index (χ1n) is 8.55. The van der Waals surface area contributed by atoms with Crippen molar-refractivity contribution in [3.8, 4) is 0 Å². The summed E-state index contributed by atoms with van der Waals surface area (Å²) in [5.41, 5.74) is 0. The highest BCUT2D eigenvalue weighted by molar-refractivity contribution is 7.37. The zero-order chi connectivity index (χ0) is 13.3. The van der Waals surface area contributed by atoms with Crippen molar-refractivity contribution in [2.45, 2.75) is 97.3 Å². The van der Waals surface area contributed by atoms with Gasteiger partial charge in [-0.15, -0.1) is 0 Å². The van der Waals surface area contributed by atoms with E-state index in [0.717, 1.165) is 0 Å². The van der Waals surface area contributed by atoms with Crippen LogP contribution in [0.2, 0.25) is 0 Å². The number of rotatable bonds is 15. The monoisotopic (exact) mass is 271 g/mol. The molecule has 1 heteroatoms. The molecule has 0 fully saturated rings. The topological polar surface area (TPSA) is 0 Å². The molecule has 0 heterocycles. The molecular formula is C17H36P. The van der Waals surface area contributed by atoms with Gasteiger partial charge in [0.15, 0.2) is 0 Å². The van der Waals surface area contributed by atoms with E-state index in [4.69, 9.17) is 0 Å². The summed E-state index contributed by atoms with van der Waals surface area (Å²) in [5, 5.41) is 0. The SMILES string of the molecule is CCCCCCCCCC[P]CCCCCCC. The molecule has 0 aromatic carbocycles. The molecule has 0 amide bonds. The zero-order valence-electron chi connectivity index (χ0n) is 13.1. The Balaban J connectivity index is 2.86. The molecule has 109 valence electrons. The fraction of sp³-hybridized carbons (Fsp3) is 1.00. The van der Waals surface area contributed by atoms with Gasteiger partial charge in [0.25, 0.3) is 0 Å². The minimum absolute atomic E-state index is 1.37. The molecule has 0 aliphatic carbocycles. The molecule has 0 saturated carbocycles. The Labute approximate surface area is 118 Å². The van der Waals surface area contributed by atoms with Crippen LogP contribution in [0.25, 0.3) is 0 Å². The van der Waals surface area contributed by atoms with Gasteiger partial charge in [0.1, 0.15) is 0 Å². The van der Waals surface area contributed by atoms with Crippen LogP contribution in [0.15, 0.2) is 0 Å². The fourth-order valence-corrected chi connectivity index (χ4v) is 3.41. The lowest BCUT2D eigenvalue weighted by Crippen LogP contribution is -1.85. The van der Waals surface area contributed by atoms with Crippen LogP contribution in [0.5, 0.6) is 0 Å². The van der Waals surface area contributed by atoms with Gasteiger partial charge in [0, 0.05) is 0 Å². The minimum Gasteiger partial charge on any atom is -0.0810 e. The Kier molecular flexibility index (Phi) is 17.8. The Morgan fingerprint density at radius 3 is 1.17 bits per heavy atom. The van der Waals surface area contributed by atoms with Crippen molar-refractivity contribution in [2.75, 3.05) is 12.3 Å². The van der Waals surface area contributed by atoms with Crippen LogP contribution in [0.3, 0.4) is 0 Å². The first kappa shape index (κ1) is 18.4. The number of unbranched alkanes of at least 4 members (excludes halogenated alkanes) is 11. The summed E-state index contributed by atoms with van der Waals surface area (Å²) in [6, 6.07) is 0. The Morgan fingerprint density at radius 2 is 0.778 bits per heavy atom. The van der Waals surface area contributed by atoms with Gasteiger partial charge in [-0.1, -0.05) is 93.1 Å². The van der Waals surface area contributed by atoms with Crippen molar-refractivity contribution in [3.63, 3.8) is 0 Å². The average Bonchev–Trinajstić information content (AvgIpc) is 2.39. The van der Waals surface area contributed by atoms with Crippen LogP contribution in [0, 0.1) is 0 Å². The normalized spacial score (nSPS) is 11.7. The third kappa shape index (κ3) is 16.4. The maximum absolute atomic E-state index is 2.29. The first-order valence-corrected chi connectivity index (χ1v) is 9.81. The van der Waals surface area contributed by atoms with Crippen LogP contribution >= 0.6 is 8.58 Å². The summed E-state index contributed by atoms with van der Waals surface area (Å²) in [5.74, 6) is 0. The average molecular weight is 271 g/mol. The Bertz CT molecular complexity index is 118. The van der Waals surface area contributed by atoms with E-state index >= 15 is 0 Å². The quantitative estimate of drug-likeness (QED) is 0.221. The lowest BCUT2D eigenvalue weighted by Gasteiger charge is -2.02. The van der Waals surface area contributed by atoms with Crippen LogP contribution in [0.4, 0.5) is 0 Å². The van der Waals surface area contributed by atoms with Gasteiger partial charge in [-0.3, -0.25) is 0 Å². The predicted molar refractivity (Wildman–Crippen MR) is 88.0 cm³/mol. The third-order valence-electron chi connectivity index (χ3n) is 3.59. The molecule has 0 aromatic rings. The molecule has 0 bridgehead atoms. The van der Waals surface area contributed by atoms with E-state index in [1.807, 2.05) is 0 Å². The lowest BCUT2D eigenvalue weighted by atomic mass is 10.1. The van der Waals surface area contributed by atoms with Gasteiger partial charge in [-0.2, -0.15) is 0 Å². The van der Waals surface area contributed by atoms with Crippen LogP contribution < -0.4 is 0 Å². The van der Waals surface area contributed by atoms with Crippen LogP contribution in [-0.2, 0) is 0 Å². The summed E-state index contributed by atoms with van der Waals surface area (Å²) < 4.78 is 0. The maximum Gasteiger partial charge on any atom is -0.0287 e. The van der Waals surface area contributed by atoms with E-state index in [1.165, 1.54) is 95.8 Å². The summed E-state index contributed by atoms with van der Waals surface area (Å²) in [4.78, 5) is 0. The van der Waals surface area contributed by atoms with Gasteiger partial charge in [-0.25, -0.2) is 0 Å². The summed E-state index contributed by atoms with van der Waals surface area (Å²) in [7, 11) is 1.72. The molecule has 0 aliphatic heterocycles. The molecule has 0 atom stereocenters. The van der Waals surface area contributed by atoms with Gasteiger partial charge in [0.2, 0.25) is 0 Å². The molecule has 0 saturated heterocycles. The van der Waals surface area contributed by atoms with Crippen molar-refractivity contribution < 1.29 is 0 Å². The smallest absolute Gasteiger partial charge is 0.0287 e. The van der Waals surface area contributed by atoms with E-state index in [2.05, 4.69) is 13.8 Å². The van der Waals surface area contributed by atoms with Crippen molar-refractivity contribution in [3.05, 3.63) is 0 Å². The fourth-order valence-electron chi connectivity index (χ4n) is 2.30. The van der Waals surface area contributed by atoms with E-state index < -0.39 is 0 Å². The van der Waals surface area contributed by atoms with E-state index in [-0.39, 0.29) is 0 Å². The van der Waals surface area contributed by atoms with Crippen molar-refractivity contribution >= 4 is 8.58 Å². The maximum atomic E-state index is 2.29. The molecular weight excluding hydrogens is 235 g/mol. The molecule has 0 aliphatic rings. The van der Waals surface area contributed by atoms with Crippen molar-refractivity contribution in [2.24, 2.45) is 0 Å². The van der Waals surface area contributed by atoms with Gasteiger partial charge in [0.05, 0.1) is 0 Å². The van der Waals surface area contributed by atoms with Gasteiger partial charge < -0.3 is 0 Å². The summed E-state index contributed by atoms with van der Waals surface area (Å²) in [6.07, 6.45) is 21.8. The molecule has 0 spiro atoms. The standard InChI is InChI=1S/C17H36P/c1-3-5-7-9-10-11-13-15-17-18-16-14-12-8-6-4-2/h3-17H2,1-2H3. The summed E-state index contributed by atoms with van der Waals surface area (Å²) in [6.45, 7) is 4.59. The van der Waals surface area contributed by atoms with Gasteiger partial charge >= 0.3 is 0 Å². The molecule has 0 N–H and O–H groups in total. The minimum atomic E-state index is 1.37. The molecule has 18 heavy (non-hydrogen) atoms. The van der Waals surface area contributed by atoms with E-state index in [9.17, 15) is 0 Å². The molecule has 0 unspecified atom stereocenters. The highest BCUT2D eigenvalue weighted by atomic mass is 31.1. The first-order chi connectivity index (χ1) is 8.91. The van der Waals surface area contributed by atoms with Crippen LogP contribution in [-0.4, -0.2) is 12.3 Å².